The Morgan fingerprint density at radius 2 is 1.71 bits per heavy atom. The van der Waals surface area contributed by atoms with E-state index in [1.54, 1.807) is 36.3 Å². The van der Waals surface area contributed by atoms with Crippen LogP contribution in [0, 0.1) is 5.92 Å². The van der Waals surface area contributed by atoms with Gasteiger partial charge in [0.2, 0.25) is 0 Å². The summed E-state index contributed by atoms with van der Waals surface area (Å²) < 4.78 is 10.9. The van der Waals surface area contributed by atoms with Crippen molar-refractivity contribution in [2.75, 3.05) is 26.8 Å². The highest BCUT2D eigenvalue weighted by Gasteiger charge is 2.28. The molecule has 0 aromatic heterocycles. The summed E-state index contributed by atoms with van der Waals surface area (Å²) in [4.78, 5) is 27.0. The molecule has 1 aliphatic rings. The molecule has 1 aliphatic heterocycles. The van der Waals surface area contributed by atoms with E-state index in [2.05, 4.69) is 6.92 Å². The van der Waals surface area contributed by atoms with Crippen LogP contribution in [-0.2, 0) is 11.2 Å². The third-order valence-electron chi connectivity index (χ3n) is 5.30. The minimum absolute atomic E-state index is 0.0266. The fourth-order valence-corrected chi connectivity index (χ4v) is 3.55. The van der Waals surface area contributed by atoms with Crippen LogP contribution in [0.4, 0.5) is 0 Å². The van der Waals surface area contributed by atoms with Gasteiger partial charge in [0.1, 0.15) is 11.5 Å². The lowest BCUT2D eigenvalue weighted by molar-refractivity contribution is -0.134. The van der Waals surface area contributed by atoms with Crippen molar-refractivity contribution in [1.82, 2.24) is 4.90 Å². The van der Waals surface area contributed by atoms with Crippen molar-refractivity contribution in [3.05, 3.63) is 59.7 Å². The van der Waals surface area contributed by atoms with Crippen LogP contribution < -0.4 is 9.47 Å². The predicted octanol–water partition coefficient (Wildman–Crippen LogP) is 3.76. The Hall–Kier alpha value is -2.82. The zero-order valence-corrected chi connectivity index (χ0v) is 16.5. The zero-order chi connectivity index (χ0) is 19.9. The molecule has 5 nitrogen and oxygen atoms in total. The smallest absolute Gasteiger partial charge is 0.260 e. The number of para-hydroxylation sites is 1. The SMILES string of the molecule is CCc1ccccc1OCC(=O)N1CCC(C(=O)c2ccc(OC)cc2)CC1. The molecule has 0 bridgehead atoms. The van der Waals surface area contributed by atoms with Crippen molar-refractivity contribution in [3.8, 4) is 11.5 Å². The van der Waals surface area contributed by atoms with Crippen molar-refractivity contribution < 1.29 is 19.1 Å². The van der Waals surface area contributed by atoms with E-state index in [1.165, 1.54) is 0 Å². The number of amides is 1. The summed E-state index contributed by atoms with van der Waals surface area (Å²) in [5, 5.41) is 0. The Morgan fingerprint density at radius 3 is 2.36 bits per heavy atom. The van der Waals surface area contributed by atoms with E-state index in [4.69, 9.17) is 9.47 Å². The van der Waals surface area contributed by atoms with Gasteiger partial charge in [-0.15, -0.1) is 0 Å². The molecule has 0 unspecified atom stereocenters. The van der Waals surface area contributed by atoms with E-state index in [0.29, 0.717) is 31.5 Å². The van der Waals surface area contributed by atoms with E-state index >= 15 is 0 Å². The standard InChI is InChI=1S/C23H27NO4/c1-3-17-6-4-5-7-21(17)28-16-22(25)24-14-12-19(13-15-24)23(26)18-8-10-20(27-2)11-9-18/h4-11,19H,3,12-16H2,1-2H3. The molecule has 0 saturated carbocycles. The molecule has 0 aliphatic carbocycles. The van der Waals surface area contributed by atoms with Gasteiger partial charge in [0.05, 0.1) is 7.11 Å². The third-order valence-corrected chi connectivity index (χ3v) is 5.30. The summed E-state index contributed by atoms with van der Waals surface area (Å²) in [5.74, 6) is 1.58. The monoisotopic (exact) mass is 381 g/mol. The summed E-state index contributed by atoms with van der Waals surface area (Å²) >= 11 is 0. The number of aryl methyl sites for hydroxylation is 1. The van der Waals surface area contributed by atoms with Crippen LogP contribution in [0.2, 0.25) is 0 Å². The maximum Gasteiger partial charge on any atom is 0.260 e. The molecule has 3 rings (SSSR count). The molecule has 2 aromatic rings. The highest BCUT2D eigenvalue weighted by atomic mass is 16.5. The first-order valence-electron chi connectivity index (χ1n) is 9.79. The van der Waals surface area contributed by atoms with Crippen LogP contribution >= 0.6 is 0 Å². The molecule has 5 heteroatoms. The number of methoxy groups -OCH3 is 1. The van der Waals surface area contributed by atoms with Crippen molar-refractivity contribution in [3.63, 3.8) is 0 Å². The lowest BCUT2D eigenvalue weighted by atomic mass is 9.89. The number of hydrogen-bond donors (Lipinski definition) is 0. The number of carbonyl (C=O) groups is 2. The van der Waals surface area contributed by atoms with Crippen molar-refractivity contribution in [2.45, 2.75) is 26.2 Å². The molecule has 1 amide bonds. The number of rotatable bonds is 7. The maximum absolute atomic E-state index is 12.7. The van der Waals surface area contributed by atoms with Gasteiger partial charge in [-0.3, -0.25) is 9.59 Å². The number of Topliss-reactive ketones (excluding diaryl/α,β-unsaturated/α-hetero) is 1. The predicted molar refractivity (Wildman–Crippen MR) is 108 cm³/mol. The molecular weight excluding hydrogens is 354 g/mol. The second-order valence-electron chi connectivity index (χ2n) is 7.00. The zero-order valence-electron chi connectivity index (χ0n) is 16.5. The molecule has 0 spiro atoms. The van der Waals surface area contributed by atoms with Crippen molar-refractivity contribution in [2.24, 2.45) is 5.92 Å². The lowest BCUT2D eigenvalue weighted by Crippen LogP contribution is -2.42. The Kier molecular flexibility index (Phi) is 6.69. The summed E-state index contributed by atoms with van der Waals surface area (Å²) in [7, 11) is 1.61. The number of hydrogen-bond acceptors (Lipinski definition) is 4. The summed E-state index contributed by atoms with van der Waals surface area (Å²) in [6, 6.07) is 15.0. The summed E-state index contributed by atoms with van der Waals surface area (Å²) in [5.41, 5.74) is 1.80. The van der Waals surface area contributed by atoms with Crippen molar-refractivity contribution in [1.29, 1.82) is 0 Å². The third kappa shape index (κ3) is 4.71. The number of likely N-dealkylation sites (tertiary alicyclic amines) is 1. The quantitative estimate of drug-likeness (QED) is 0.686. The molecule has 2 aromatic carbocycles. The highest BCUT2D eigenvalue weighted by Crippen LogP contribution is 2.24. The number of ketones is 1. The van der Waals surface area contributed by atoms with Crippen LogP contribution in [0.1, 0.15) is 35.7 Å². The van der Waals surface area contributed by atoms with Gasteiger partial charge in [0.15, 0.2) is 12.4 Å². The Morgan fingerprint density at radius 1 is 1.04 bits per heavy atom. The number of carbonyl (C=O) groups excluding carboxylic acids is 2. The number of ether oxygens (including phenoxy) is 2. The first-order valence-corrected chi connectivity index (χ1v) is 9.79. The summed E-state index contributed by atoms with van der Waals surface area (Å²) in [6.45, 7) is 3.27. The molecule has 0 N–H and O–H groups in total. The topological polar surface area (TPSA) is 55.8 Å². The van der Waals surface area contributed by atoms with Gasteiger partial charge in [0, 0.05) is 24.6 Å². The number of piperidine rings is 1. The van der Waals surface area contributed by atoms with E-state index in [1.807, 2.05) is 24.3 Å². The number of benzene rings is 2. The fourth-order valence-electron chi connectivity index (χ4n) is 3.55. The molecule has 1 saturated heterocycles. The van der Waals surface area contributed by atoms with Gasteiger partial charge in [-0.05, 0) is 55.2 Å². The molecular formula is C23H27NO4. The maximum atomic E-state index is 12.7. The van der Waals surface area contributed by atoms with Crippen LogP contribution in [0.3, 0.4) is 0 Å². The first-order chi connectivity index (χ1) is 13.6. The summed E-state index contributed by atoms with van der Waals surface area (Å²) in [6.07, 6.45) is 2.23. The first kappa shape index (κ1) is 19.9. The second-order valence-corrected chi connectivity index (χ2v) is 7.00. The lowest BCUT2D eigenvalue weighted by Gasteiger charge is -2.31. The van der Waals surface area contributed by atoms with Crippen LogP contribution in [0.5, 0.6) is 11.5 Å². The minimum atomic E-state index is -0.0424. The molecule has 148 valence electrons. The van der Waals surface area contributed by atoms with Gasteiger partial charge >= 0.3 is 0 Å². The number of nitrogens with zero attached hydrogens (tertiary/aromatic N) is 1. The van der Waals surface area contributed by atoms with E-state index in [-0.39, 0.29) is 24.2 Å². The molecule has 1 fully saturated rings. The van der Waals surface area contributed by atoms with Gasteiger partial charge in [-0.1, -0.05) is 25.1 Å². The highest BCUT2D eigenvalue weighted by molar-refractivity contribution is 5.98. The van der Waals surface area contributed by atoms with Crippen LogP contribution in [-0.4, -0.2) is 43.4 Å². The fraction of sp³-hybridized carbons (Fsp3) is 0.391. The Bertz CT molecular complexity index is 808. The minimum Gasteiger partial charge on any atom is -0.497 e. The van der Waals surface area contributed by atoms with Gasteiger partial charge < -0.3 is 14.4 Å². The van der Waals surface area contributed by atoms with Crippen LogP contribution in [0.15, 0.2) is 48.5 Å². The molecule has 0 radical (unpaired) electrons. The van der Waals surface area contributed by atoms with E-state index in [9.17, 15) is 9.59 Å². The van der Waals surface area contributed by atoms with Gasteiger partial charge in [0.25, 0.3) is 5.91 Å². The average Bonchev–Trinajstić information content (AvgIpc) is 2.77. The van der Waals surface area contributed by atoms with Crippen molar-refractivity contribution >= 4 is 11.7 Å². The molecule has 1 heterocycles. The second kappa shape index (κ2) is 9.40. The Balaban J connectivity index is 1.50. The van der Waals surface area contributed by atoms with E-state index < -0.39 is 0 Å². The average molecular weight is 381 g/mol. The molecule has 28 heavy (non-hydrogen) atoms. The molecule has 0 atom stereocenters. The largest absolute Gasteiger partial charge is 0.497 e. The Labute approximate surface area is 166 Å². The normalized spacial score (nSPS) is 14.6. The van der Waals surface area contributed by atoms with E-state index in [0.717, 1.165) is 23.5 Å². The van der Waals surface area contributed by atoms with Gasteiger partial charge in [-0.25, -0.2) is 0 Å². The van der Waals surface area contributed by atoms with Crippen LogP contribution in [0.25, 0.3) is 0 Å². The van der Waals surface area contributed by atoms with Gasteiger partial charge in [-0.2, -0.15) is 0 Å².